The van der Waals surface area contributed by atoms with Gasteiger partial charge in [-0.05, 0) is 33.6 Å². The predicted octanol–water partition coefficient (Wildman–Crippen LogP) is 2.13. The van der Waals surface area contributed by atoms with E-state index in [2.05, 4.69) is 42.5 Å². The number of nitrogens with zero attached hydrogens (tertiary/aromatic N) is 3. The van der Waals surface area contributed by atoms with E-state index in [1.807, 2.05) is 10.9 Å². The monoisotopic (exact) mass is 236 g/mol. The Bertz CT molecular complexity index is 345. The average Bonchev–Trinajstić information content (AvgIpc) is 2.76. The predicted molar refractivity (Wildman–Crippen MR) is 69.5 cm³/mol. The zero-order valence-electron chi connectivity index (χ0n) is 11.2. The Balaban J connectivity index is 1.84. The number of aromatic nitrogens is 2. The Kier molecular flexibility index (Phi) is 3.84. The first-order chi connectivity index (χ1) is 8.05. The van der Waals surface area contributed by atoms with Crippen LogP contribution in [0.5, 0.6) is 0 Å². The van der Waals surface area contributed by atoms with Crippen LogP contribution in [0, 0.1) is 0 Å². The van der Waals surface area contributed by atoms with E-state index < -0.39 is 0 Å². The first-order valence-corrected chi connectivity index (χ1v) is 6.58. The molecule has 0 bridgehead atoms. The van der Waals surface area contributed by atoms with E-state index in [9.17, 15) is 0 Å². The van der Waals surface area contributed by atoms with Crippen LogP contribution >= 0.6 is 0 Å². The fraction of sp³-hybridized carbons (Fsp3) is 0.769. The van der Waals surface area contributed by atoms with Crippen LogP contribution in [0.1, 0.15) is 45.6 Å². The molecule has 0 radical (unpaired) electrons. The molecule has 17 heavy (non-hydrogen) atoms. The molecule has 1 aliphatic rings. The Morgan fingerprint density at radius 1 is 1.24 bits per heavy atom. The van der Waals surface area contributed by atoms with Gasteiger partial charge in [-0.15, -0.1) is 0 Å². The maximum atomic E-state index is 4.41. The minimum Gasteiger partial charge on any atom is -0.267 e. The highest BCUT2D eigenvalue weighted by Crippen LogP contribution is 2.13. The number of rotatable bonds is 3. The number of hydrogen-bond donors (Lipinski definition) is 1. The summed E-state index contributed by atoms with van der Waals surface area (Å²) in [6.07, 6.45) is 8.10. The second kappa shape index (κ2) is 5.19. The highest BCUT2D eigenvalue weighted by atomic mass is 15.5. The molecule has 1 aromatic rings. The summed E-state index contributed by atoms with van der Waals surface area (Å²) in [4.78, 5) is 0. The van der Waals surface area contributed by atoms with E-state index >= 15 is 0 Å². The fourth-order valence-corrected chi connectivity index (χ4v) is 2.07. The quantitative estimate of drug-likeness (QED) is 0.872. The Labute approximate surface area is 104 Å². The van der Waals surface area contributed by atoms with Crippen LogP contribution in [0.2, 0.25) is 0 Å². The maximum Gasteiger partial charge on any atom is 0.0543 e. The fourth-order valence-electron chi connectivity index (χ4n) is 2.07. The van der Waals surface area contributed by atoms with Gasteiger partial charge in [0.05, 0.1) is 11.7 Å². The molecule has 0 aliphatic carbocycles. The van der Waals surface area contributed by atoms with Gasteiger partial charge in [0.25, 0.3) is 0 Å². The Hall–Kier alpha value is -0.870. The lowest BCUT2D eigenvalue weighted by Gasteiger charge is -2.26. The lowest BCUT2D eigenvalue weighted by Crippen LogP contribution is -2.41. The average molecular weight is 236 g/mol. The molecule has 1 aliphatic heterocycles. The van der Waals surface area contributed by atoms with E-state index in [1.54, 1.807) is 0 Å². The standard InChI is InChI=1S/C13H24N4/c1-13(2,3)17-11-12(10-15-17)9-14-16-7-5-4-6-8-16/h10-11,14H,4-9H2,1-3H3. The summed E-state index contributed by atoms with van der Waals surface area (Å²) in [6, 6.07) is 0. The van der Waals surface area contributed by atoms with Gasteiger partial charge < -0.3 is 0 Å². The molecular formula is C13H24N4. The highest BCUT2D eigenvalue weighted by molar-refractivity contribution is 5.04. The molecule has 1 aromatic heterocycles. The molecule has 0 spiro atoms. The molecule has 2 heterocycles. The van der Waals surface area contributed by atoms with Gasteiger partial charge >= 0.3 is 0 Å². The largest absolute Gasteiger partial charge is 0.267 e. The van der Waals surface area contributed by atoms with Gasteiger partial charge in [-0.2, -0.15) is 5.10 Å². The molecule has 0 aromatic carbocycles. The molecule has 0 saturated carbocycles. The Morgan fingerprint density at radius 3 is 2.53 bits per heavy atom. The van der Waals surface area contributed by atoms with Crippen molar-refractivity contribution in [2.75, 3.05) is 13.1 Å². The summed E-state index contributed by atoms with van der Waals surface area (Å²) in [5, 5.41) is 6.74. The van der Waals surface area contributed by atoms with Gasteiger partial charge in [-0.25, -0.2) is 5.01 Å². The van der Waals surface area contributed by atoms with E-state index in [0.29, 0.717) is 0 Å². The molecule has 1 saturated heterocycles. The maximum absolute atomic E-state index is 4.41. The van der Waals surface area contributed by atoms with E-state index in [4.69, 9.17) is 0 Å². The first-order valence-electron chi connectivity index (χ1n) is 6.58. The number of hydrazine groups is 1. The van der Waals surface area contributed by atoms with Crippen LogP contribution in [0.4, 0.5) is 0 Å². The van der Waals surface area contributed by atoms with E-state index in [1.165, 1.54) is 37.9 Å². The molecule has 1 N–H and O–H groups in total. The van der Waals surface area contributed by atoms with Crippen molar-refractivity contribution in [2.45, 2.75) is 52.1 Å². The van der Waals surface area contributed by atoms with Crippen molar-refractivity contribution >= 4 is 0 Å². The molecule has 0 atom stereocenters. The minimum absolute atomic E-state index is 0.0728. The third kappa shape index (κ3) is 3.54. The van der Waals surface area contributed by atoms with Gasteiger partial charge in [0.2, 0.25) is 0 Å². The summed E-state index contributed by atoms with van der Waals surface area (Å²) in [7, 11) is 0. The molecule has 0 amide bonds. The van der Waals surface area contributed by atoms with E-state index in [0.717, 1.165) is 6.54 Å². The van der Waals surface area contributed by atoms with Gasteiger partial charge in [-0.1, -0.05) is 6.42 Å². The van der Waals surface area contributed by atoms with Crippen molar-refractivity contribution in [3.05, 3.63) is 18.0 Å². The number of nitrogens with one attached hydrogen (secondary N) is 1. The molecule has 1 fully saturated rings. The molecule has 0 unspecified atom stereocenters. The minimum atomic E-state index is 0.0728. The molecular weight excluding hydrogens is 212 g/mol. The first kappa shape index (κ1) is 12.6. The molecule has 2 rings (SSSR count). The SMILES string of the molecule is CC(C)(C)n1cc(CNN2CCCCC2)cn1. The van der Waals surface area contributed by atoms with Crippen molar-refractivity contribution in [3.63, 3.8) is 0 Å². The summed E-state index contributed by atoms with van der Waals surface area (Å²) in [5.74, 6) is 0. The summed E-state index contributed by atoms with van der Waals surface area (Å²) >= 11 is 0. The van der Waals surface area contributed by atoms with Gasteiger partial charge in [0, 0.05) is 31.4 Å². The third-order valence-electron chi connectivity index (χ3n) is 3.19. The summed E-state index contributed by atoms with van der Waals surface area (Å²) < 4.78 is 2.03. The van der Waals surface area contributed by atoms with Gasteiger partial charge in [-0.3, -0.25) is 10.1 Å². The lowest BCUT2D eigenvalue weighted by molar-refractivity contribution is 0.151. The zero-order chi connectivity index (χ0) is 12.3. The zero-order valence-corrected chi connectivity index (χ0v) is 11.2. The number of piperidine rings is 1. The van der Waals surface area contributed by atoms with Crippen LogP contribution < -0.4 is 5.43 Å². The van der Waals surface area contributed by atoms with Crippen molar-refractivity contribution in [2.24, 2.45) is 0 Å². The van der Waals surface area contributed by atoms with Gasteiger partial charge in [0.15, 0.2) is 0 Å². The molecule has 96 valence electrons. The van der Waals surface area contributed by atoms with Crippen LogP contribution in [0.3, 0.4) is 0 Å². The van der Waals surface area contributed by atoms with Gasteiger partial charge in [0.1, 0.15) is 0 Å². The second-order valence-corrected chi connectivity index (χ2v) is 5.85. The second-order valence-electron chi connectivity index (χ2n) is 5.85. The van der Waals surface area contributed by atoms with Crippen molar-refractivity contribution in [1.29, 1.82) is 0 Å². The Morgan fingerprint density at radius 2 is 1.94 bits per heavy atom. The lowest BCUT2D eigenvalue weighted by atomic mass is 10.1. The summed E-state index contributed by atoms with van der Waals surface area (Å²) in [6.45, 7) is 9.74. The molecule has 4 nitrogen and oxygen atoms in total. The highest BCUT2D eigenvalue weighted by Gasteiger charge is 2.14. The molecule has 4 heteroatoms. The normalized spacial score (nSPS) is 18.5. The van der Waals surface area contributed by atoms with Crippen molar-refractivity contribution < 1.29 is 0 Å². The topological polar surface area (TPSA) is 33.1 Å². The van der Waals surface area contributed by atoms with Crippen LogP contribution in [0.15, 0.2) is 12.4 Å². The number of hydrogen-bond acceptors (Lipinski definition) is 3. The third-order valence-corrected chi connectivity index (χ3v) is 3.19. The van der Waals surface area contributed by atoms with Crippen LogP contribution in [0.25, 0.3) is 0 Å². The van der Waals surface area contributed by atoms with Crippen LogP contribution in [-0.4, -0.2) is 27.9 Å². The summed E-state index contributed by atoms with van der Waals surface area (Å²) in [5.41, 5.74) is 4.81. The van der Waals surface area contributed by atoms with Crippen molar-refractivity contribution in [3.8, 4) is 0 Å². The van der Waals surface area contributed by atoms with Crippen LogP contribution in [-0.2, 0) is 12.1 Å². The van der Waals surface area contributed by atoms with Crippen molar-refractivity contribution in [1.82, 2.24) is 20.2 Å². The smallest absolute Gasteiger partial charge is 0.0543 e. The van der Waals surface area contributed by atoms with E-state index in [-0.39, 0.29) is 5.54 Å².